The van der Waals surface area contributed by atoms with Crippen LogP contribution >= 0.6 is 0 Å². The summed E-state index contributed by atoms with van der Waals surface area (Å²) in [5.41, 5.74) is 0. The zero-order valence-corrected chi connectivity index (χ0v) is 41.2. The van der Waals surface area contributed by atoms with Crippen LogP contribution in [0.2, 0.25) is 0 Å². The van der Waals surface area contributed by atoms with Crippen molar-refractivity contribution in [1.82, 2.24) is 0 Å². The van der Waals surface area contributed by atoms with Crippen LogP contribution in [0.3, 0.4) is 0 Å². The van der Waals surface area contributed by atoms with Gasteiger partial charge >= 0.3 is 0 Å². The van der Waals surface area contributed by atoms with Gasteiger partial charge in [-0.3, -0.25) is 0 Å². The fourth-order valence-corrected chi connectivity index (χ4v) is 8.79. The normalized spacial score (nSPS) is 20.9. The molecule has 4 atom stereocenters. The highest BCUT2D eigenvalue weighted by molar-refractivity contribution is 4.93. The molecule has 2 aliphatic heterocycles. The van der Waals surface area contributed by atoms with E-state index >= 15 is 0 Å². The number of halogens is 1. The number of rotatable bonds is 39. The minimum Gasteiger partial charge on any atom is -1.00 e. The van der Waals surface area contributed by atoms with E-state index < -0.39 is 17.7 Å². The Bertz CT molecular complexity index is 880. The second kappa shape index (κ2) is 34.0. The first-order chi connectivity index (χ1) is 27.0. The molecule has 2 aliphatic rings. The molecule has 0 aromatic rings. The van der Waals surface area contributed by atoms with Crippen LogP contribution in [0.1, 0.15) is 215 Å². The molecule has 0 unspecified atom stereocenters. The Morgan fingerprint density at radius 2 is 0.982 bits per heavy atom. The Labute approximate surface area is 371 Å². The van der Waals surface area contributed by atoms with Crippen molar-refractivity contribution in [3.8, 4) is 0 Å². The molecule has 342 valence electrons. The summed E-state index contributed by atoms with van der Waals surface area (Å²) >= 11 is 0. The van der Waals surface area contributed by atoms with Gasteiger partial charge in [0, 0.05) is 13.7 Å². The van der Waals surface area contributed by atoms with Gasteiger partial charge in [-0.05, 0) is 72.6 Å². The van der Waals surface area contributed by atoms with E-state index in [-0.39, 0.29) is 49.1 Å². The Morgan fingerprint density at radius 3 is 1.39 bits per heavy atom. The first-order valence-corrected chi connectivity index (χ1v) is 24.2. The van der Waals surface area contributed by atoms with E-state index in [0.717, 1.165) is 13.0 Å². The van der Waals surface area contributed by atoms with Gasteiger partial charge in [-0.15, -0.1) is 0 Å². The van der Waals surface area contributed by atoms with Crippen LogP contribution in [0.5, 0.6) is 0 Å². The summed E-state index contributed by atoms with van der Waals surface area (Å²) in [5.74, 6) is -1.39. The lowest BCUT2D eigenvalue weighted by molar-refractivity contribution is -0.910. The molecular weight excluding hydrogens is 829 g/mol. The molecule has 0 N–H and O–H groups in total. The summed E-state index contributed by atoms with van der Waals surface area (Å²) in [5, 5.41) is 0. The molecule has 2 saturated heterocycles. The van der Waals surface area contributed by atoms with Crippen molar-refractivity contribution in [2.45, 2.75) is 251 Å². The van der Waals surface area contributed by atoms with Crippen LogP contribution in [-0.2, 0) is 33.2 Å². The van der Waals surface area contributed by atoms with E-state index in [9.17, 15) is 0 Å². The summed E-state index contributed by atoms with van der Waals surface area (Å²) in [4.78, 5) is 0. The highest BCUT2D eigenvalue weighted by atomic mass is 127. The second-order valence-corrected chi connectivity index (χ2v) is 18.7. The van der Waals surface area contributed by atoms with Crippen LogP contribution in [-0.4, -0.2) is 101 Å². The van der Waals surface area contributed by atoms with Crippen molar-refractivity contribution < 1.29 is 61.6 Å². The van der Waals surface area contributed by atoms with Gasteiger partial charge in [-0.1, -0.05) is 142 Å². The standard InChI is InChI=1S/C48H96NO7.HI/c1-9-11-13-15-17-19-21-23-25-27-29-32-36-49(7,37-33-30-28-26-24-22-20-18-16-14-12-10-2)38-34-31-35-39-51-40-43-46(56-48(5,6)55-43)45(52-42-50-8)44-41-53-47(3,4)54-44;/h43-46H,9-42H2,1-8H3;1H/q+1;/p-1/t43-,44+,45-,46+;/m0./s1. The molecule has 9 heteroatoms. The first kappa shape index (κ1) is 55.4. The SMILES string of the molecule is CCCCCCCCCCCCCC[N+](C)(CCCCCCCCCCCCCC)CCCCCOC[C@@H]1OC(C)(C)O[C@H]1[C@@H](OCOC)[C@H]1COC(C)(C)O1.[I-]. The number of hydrogen-bond acceptors (Lipinski definition) is 7. The third-order valence-electron chi connectivity index (χ3n) is 12.2. The van der Waals surface area contributed by atoms with Gasteiger partial charge in [0.1, 0.15) is 31.2 Å². The topological polar surface area (TPSA) is 64.6 Å². The Kier molecular flexibility index (Phi) is 33.0. The molecule has 0 spiro atoms. The van der Waals surface area contributed by atoms with Crippen LogP contribution in [0, 0.1) is 0 Å². The van der Waals surface area contributed by atoms with Gasteiger partial charge in [-0.25, -0.2) is 0 Å². The van der Waals surface area contributed by atoms with E-state index in [1.54, 1.807) is 7.11 Å². The molecule has 0 radical (unpaired) electrons. The van der Waals surface area contributed by atoms with Gasteiger partial charge in [0.15, 0.2) is 11.6 Å². The lowest BCUT2D eigenvalue weighted by Gasteiger charge is -2.35. The van der Waals surface area contributed by atoms with Crippen LogP contribution in [0.15, 0.2) is 0 Å². The number of nitrogens with zero attached hydrogens (tertiary/aromatic N) is 1. The highest BCUT2D eigenvalue weighted by Crippen LogP contribution is 2.36. The first-order valence-electron chi connectivity index (χ1n) is 24.2. The zero-order valence-electron chi connectivity index (χ0n) is 39.0. The predicted molar refractivity (Wildman–Crippen MR) is 233 cm³/mol. The van der Waals surface area contributed by atoms with Crippen molar-refractivity contribution in [2.75, 3.05) is 60.4 Å². The minimum absolute atomic E-state index is 0. The summed E-state index contributed by atoms with van der Waals surface area (Å²) in [7, 11) is 4.18. The van der Waals surface area contributed by atoms with Crippen molar-refractivity contribution in [2.24, 2.45) is 0 Å². The van der Waals surface area contributed by atoms with E-state index in [2.05, 4.69) is 20.9 Å². The maximum absolute atomic E-state index is 6.38. The Balaban J connectivity index is 0.0000162. The quantitative estimate of drug-likeness (QED) is 0.0264. The van der Waals surface area contributed by atoms with Crippen molar-refractivity contribution in [3.63, 3.8) is 0 Å². The summed E-state index contributed by atoms with van der Waals surface area (Å²) < 4.78 is 43.7. The molecule has 2 fully saturated rings. The maximum Gasteiger partial charge on any atom is 0.164 e. The molecule has 0 saturated carbocycles. The van der Waals surface area contributed by atoms with E-state index in [4.69, 9.17) is 33.2 Å². The molecule has 0 amide bonds. The van der Waals surface area contributed by atoms with Crippen LogP contribution < -0.4 is 24.0 Å². The number of hydrogen-bond donors (Lipinski definition) is 0. The van der Waals surface area contributed by atoms with Gasteiger partial charge in [0.2, 0.25) is 0 Å². The second-order valence-electron chi connectivity index (χ2n) is 18.7. The molecule has 57 heavy (non-hydrogen) atoms. The monoisotopic (exact) mass is 926 g/mol. The average molecular weight is 926 g/mol. The zero-order chi connectivity index (χ0) is 40.8. The molecule has 0 aromatic heterocycles. The van der Waals surface area contributed by atoms with E-state index in [1.807, 2.05) is 27.7 Å². The molecule has 8 nitrogen and oxygen atoms in total. The van der Waals surface area contributed by atoms with E-state index in [0.29, 0.717) is 13.2 Å². The minimum atomic E-state index is -0.730. The van der Waals surface area contributed by atoms with E-state index in [1.165, 1.54) is 191 Å². The van der Waals surface area contributed by atoms with Gasteiger partial charge in [-0.2, -0.15) is 0 Å². The summed E-state index contributed by atoms with van der Waals surface area (Å²) in [6.07, 6.45) is 36.3. The molecule has 2 rings (SSSR count). The van der Waals surface area contributed by atoms with Crippen molar-refractivity contribution in [3.05, 3.63) is 0 Å². The van der Waals surface area contributed by atoms with Crippen LogP contribution in [0.4, 0.5) is 0 Å². The van der Waals surface area contributed by atoms with Crippen molar-refractivity contribution >= 4 is 0 Å². The summed E-state index contributed by atoms with van der Waals surface area (Å²) in [6.45, 7) is 18.1. The third-order valence-corrected chi connectivity index (χ3v) is 12.2. The highest BCUT2D eigenvalue weighted by Gasteiger charge is 2.51. The predicted octanol–water partition coefficient (Wildman–Crippen LogP) is 9.69. The Morgan fingerprint density at radius 1 is 0.561 bits per heavy atom. The van der Waals surface area contributed by atoms with Gasteiger partial charge in [0.25, 0.3) is 0 Å². The molecule has 0 bridgehead atoms. The molecule has 0 aromatic carbocycles. The van der Waals surface area contributed by atoms with Crippen LogP contribution in [0.25, 0.3) is 0 Å². The number of quaternary nitrogens is 1. The lowest BCUT2D eigenvalue weighted by Crippen LogP contribution is -3.00. The van der Waals surface area contributed by atoms with Gasteiger partial charge in [0.05, 0.1) is 39.9 Å². The number of methoxy groups -OCH3 is 1. The molecule has 0 aliphatic carbocycles. The fraction of sp³-hybridized carbons (Fsp3) is 1.00. The van der Waals surface area contributed by atoms with Gasteiger partial charge < -0.3 is 61.6 Å². The molecular formula is C48H96INO7. The average Bonchev–Trinajstić information content (AvgIpc) is 3.68. The maximum atomic E-state index is 6.38. The Hall–Kier alpha value is 0.410. The number of ether oxygens (including phenoxy) is 7. The third kappa shape index (κ3) is 27.2. The van der Waals surface area contributed by atoms with Crippen molar-refractivity contribution in [1.29, 1.82) is 0 Å². The summed E-state index contributed by atoms with van der Waals surface area (Å²) in [6, 6.07) is 0. The largest absolute Gasteiger partial charge is 1.00 e. The molecule has 2 heterocycles. The smallest absolute Gasteiger partial charge is 0.164 e. The lowest BCUT2D eigenvalue weighted by atomic mass is 10.0. The number of unbranched alkanes of at least 4 members (excludes halogenated alkanes) is 24. The fourth-order valence-electron chi connectivity index (χ4n) is 8.79.